The quantitative estimate of drug-likeness (QED) is 0.566. The van der Waals surface area contributed by atoms with Crippen molar-refractivity contribution in [3.63, 3.8) is 0 Å². The van der Waals surface area contributed by atoms with Gasteiger partial charge in [-0.15, -0.1) is 0 Å². The zero-order valence-corrected chi connectivity index (χ0v) is 19.2. The van der Waals surface area contributed by atoms with E-state index >= 15 is 0 Å². The van der Waals surface area contributed by atoms with Gasteiger partial charge in [-0.25, -0.2) is 0 Å². The second kappa shape index (κ2) is 8.56. The third kappa shape index (κ3) is 3.65. The molecule has 7 heteroatoms. The van der Waals surface area contributed by atoms with Crippen molar-refractivity contribution in [1.29, 1.82) is 0 Å². The summed E-state index contributed by atoms with van der Waals surface area (Å²) in [5, 5.41) is 14.8. The molecule has 0 saturated carbocycles. The van der Waals surface area contributed by atoms with E-state index in [1.165, 1.54) is 5.56 Å². The summed E-state index contributed by atoms with van der Waals surface area (Å²) >= 11 is 5.81. The average molecular weight is 449 g/mol. The van der Waals surface area contributed by atoms with Crippen LogP contribution in [0.2, 0.25) is 0 Å². The number of ether oxygens (including phenoxy) is 1. The molecule has 0 unspecified atom stereocenters. The number of hydrogen-bond acceptors (Lipinski definition) is 4. The van der Waals surface area contributed by atoms with Crippen LogP contribution in [-0.2, 0) is 4.74 Å². The Bertz CT molecular complexity index is 1120. The highest BCUT2D eigenvalue weighted by molar-refractivity contribution is 7.80. The molecule has 0 radical (unpaired) electrons. The van der Waals surface area contributed by atoms with Crippen LogP contribution in [0.15, 0.2) is 54.7 Å². The van der Waals surface area contributed by atoms with Gasteiger partial charge in [0.2, 0.25) is 0 Å². The number of pyridine rings is 1. The fraction of sp³-hybridized carbons (Fsp3) is 0.360. The molecule has 4 heterocycles. The molecule has 0 amide bonds. The number of nitrogens with one attached hydrogen (secondary N) is 1. The van der Waals surface area contributed by atoms with Crippen molar-refractivity contribution in [2.45, 2.75) is 44.9 Å². The van der Waals surface area contributed by atoms with Crippen LogP contribution >= 0.6 is 12.2 Å². The zero-order valence-electron chi connectivity index (χ0n) is 18.4. The monoisotopic (exact) mass is 448 g/mol. The minimum atomic E-state index is -0.0663. The summed E-state index contributed by atoms with van der Waals surface area (Å²) in [6.45, 7) is 5.74. The second-order valence-electron chi connectivity index (χ2n) is 8.56. The van der Waals surface area contributed by atoms with Crippen LogP contribution < -0.4 is 5.32 Å². The first kappa shape index (κ1) is 21.0. The fourth-order valence-electron chi connectivity index (χ4n) is 5.06. The molecule has 5 rings (SSSR count). The Balaban J connectivity index is 1.60. The maximum atomic E-state index is 10.5. The molecule has 3 atom stereocenters. The van der Waals surface area contributed by atoms with E-state index in [4.69, 9.17) is 17.0 Å². The van der Waals surface area contributed by atoms with E-state index in [2.05, 4.69) is 39.7 Å². The predicted molar refractivity (Wildman–Crippen MR) is 128 cm³/mol. The Hall–Kier alpha value is -2.90. The van der Waals surface area contributed by atoms with E-state index < -0.39 is 0 Å². The van der Waals surface area contributed by atoms with Gasteiger partial charge in [0.15, 0.2) is 5.11 Å². The number of thiocarbonyl (C=S) groups is 1. The van der Waals surface area contributed by atoms with Crippen molar-refractivity contribution in [2.24, 2.45) is 0 Å². The maximum absolute atomic E-state index is 10.5. The lowest BCUT2D eigenvalue weighted by Gasteiger charge is -2.30. The van der Waals surface area contributed by atoms with Gasteiger partial charge in [-0.2, -0.15) is 0 Å². The number of benzene rings is 1. The number of aromatic hydroxyl groups is 1. The Morgan fingerprint density at radius 3 is 2.72 bits per heavy atom. The first-order chi connectivity index (χ1) is 15.5. The van der Waals surface area contributed by atoms with Crippen LogP contribution in [0.1, 0.15) is 47.6 Å². The summed E-state index contributed by atoms with van der Waals surface area (Å²) in [6, 6.07) is 15.6. The number of hydrogen-bond donors (Lipinski definition) is 2. The highest BCUT2D eigenvalue weighted by atomic mass is 32.1. The van der Waals surface area contributed by atoms with E-state index in [1.807, 2.05) is 42.6 Å². The van der Waals surface area contributed by atoms with E-state index in [1.54, 1.807) is 6.07 Å². The van der Waals surface area contributed by atoms with E-state index in [9.17, 15) is 5.11 Å². The van der Waals surface area contributed by atoms with Gasteiger partial charge in [0, 0.05) is 30.7 Å². The minimum absolute atomic E-state index is 0.0209. The first-order valence-corrected chi connectivity index (χ1v) is 11.5. The summed E-state index contributed by atoms with van der Waals surface area (Å²) in [6.07, 6.45) is 4.15. The van der Waals surface area contributed by atoms with Gasteiger partial charge >= 0.3 is 0 Å². The van der Waals surface area contributed by atoms with Crippen molar-refractivity contribution in [3.05, 3.63) is 77.4 Å². The normalized spacial score (nSPS) is 23.0. The Kier molecular flexibility index (Phi) is 5.61. The molecule has 2 aromatic heterocycles. The van der Waals surface area contributed by atoms with Gasteiger partial charge in [-0.1, -0.05) is 18.2 Å². The molecule has 2 saturated heterocycles. The molecule has 166 valence electrons. The van der Waals surface area contributed by atoms with Gasteiger partial charge in [0.25, 0.3) is 0 Å². The average Bonchev–Trinajstić information content (AvgIpc) is 3.49. The predicted octanol–water partition coefficient (Wildman–Crippen LogP) is 4.35. The van der Waals surface area contributed by atoms with E-state index in [-0.39, 0.29) is 23.9 Å². The summed E-state index contributed by atoms with van der Waals surface area (Å²) < 4.78 is 8.07. The van der Waals surface area contributed by atoms with Gasteiger partial charge < -0.3 is 24.6 Å². The number of phenols is 1. The molecule has 6 nitrogen and oxygen atoms in total. The van der Waals surface area contributed by atoms with Crippen molar-refractivity contribution < 1.29 is 9.84 Å². The van der Waals surface area contributed by atoms with Crippen LogP contribution in [0.3, 0.4) is 0 Å². The second-order valence-corrected chi connectivity index (χ2v) is 8.95. The number of rotatable bonds is 5. The van der Waals surface area contributed by atoms with Crippen molar-refractivity contribution in [2.75, 3.05) is 13.2 Å². The third-order valence-corrected chi connectivity index (χ3v) is 6.89. The smallest absolute Gasteiger partial charge is 0.170 e. The maximum Gasteiger partial charge on any atom is 0.170 e. The third-order valence-electron chi connectivity index (χ3n) is 6.53. The number of nitrogens with zero attached hydrogens (tertiary/aromatic N) is 3. The van der Waals surface area contributed by atoms with Gasteiger partial charge in [0.05, 0.1) is 29.6 Å². The standard InChI is InChI=1S/C25H28N4O2S/c1-16-14-19(17(2)29(16)21-10-3-4-11-22(21)30)24-23(20-9-5-6-12-26-20)27-25(32)28(24)15-18-8-7-13-31-18/h3-6,9-12,14,18,23-24,30H,7-8,13,15H2,1-2H3,(H,27,32)/t18-,23+,24+/m0/s1. The van der Waals surface area contributed by atoms with Crippen molar-refractivity contribution >= 4 is 17.3 Å². The number of aryl methyl sites for hydroxylation is 1. The van der Waals surface area contributed by atoms with Gasteiger partial charge in [0.1, 0.15) is 5.75 Å². The van der Waals surface area contributed by atoms with E-state index in [0.29, 0.717) is 0 Å². The SMILES string of the molecule is Cc1cc([C@@H]2[C@@H](c3ccccn3)NC(=S)N2C[C@@H]2CCCO2)c(C)n1-c1ccccc1O. The van der Waals surface area contributed by atoms with Crippen molar-refractivity contribution in [1.82, 2.24) is 19.8 Å². The molecule has 0 bridgehead atoms. The van der Waals surface area contributed by atoms with Crippen LogP contribution in [0, 0.1) is 13.8 Å². The van der Waals surface area contributed by atoms with Crippen molar-refractivity contribution in [3.8, 4) is 11.4 Å². The summed E-state index contributed by atoms with van der Waals surface area (Å²) in [4.78, 5) is 6.91. The molecule has 2 fully saturated rings. The molecule has 2 aliphatic rings. The Morgan fingerprint density at radius 1 is 1.19 bits per heavy atom. The molecule has 2 aliphatic heterocycles. The first-order valence-electron chi connectivity index (χ1n) is 11.1. The molecular formula is C25H28N4O2S. The Labute approximate surface area is 193 Å². The molecule has 1 aromatic carbocycles. The number of para-hydroxylation sites is 2. The lowest BCUT2D eigenvalue weighted by molar-refractivity contribution is 0.0842. The highest BCUT2D eigenvalue weighted by Crippen LogP contribution is 2.42. The molecule has 32 heavy (non-hydrogen) atoms. The molecule has 0 aliphatic carbocycles. The molecule has 3 aromatic rings. The van der Waals surface area contributed by atoms with Gasteiger partial charge in [-0.3, -0.25) is 4.98 Å². The number of phenolic OH excluding ortho intramolecular Hbond substituents is 1. The summed E-state index contributed by atoms with van der Waals surface area (Å²) in [7, 11) is 0. The summed E-state index contributed by atoms with van der Waals surface area (Å²) in [5.41, 5.74) is 5.06. The number of aromatic nitrogens is 2. The van der Waals surface area contributed by atoms with Gasteiger partial charge in [-0.05, 0) is 74.8 Å². The van der Waals surface area contributed by atoms with Crippen LogP contribution in [0.4, 0.5) is 0 Å². The minimum Gasteiger partial charge on any atom is -0.506 e. The fourth-order valence-corrected chi connectivity index (χ4v) is 5.37. The molecule has 0 spiro atoms. The molecule has 2 N–H and O–H groups in total. The topological polar surface area (TPSA) is 62.5 Å². The lowest BCUT2D eigenvalue weighted by atomic mass is 9.96. The Morgan fingerprint density at radius 2 is 2.00 bits per heavy atom. The van der Waals surface area contributed by atoms with E-state index in [0.717, 1.165) is 53.9 Å². The van der Waals surface area contributed by atoms with Crippen LogP contribution in [0.25, 0.3) is 5.69 Å². The molecular weight excluding hydrogens is 420 g/mol. The van der Waals surface area contributed by atoms with Crippen LogP contribution in [0.5, 0.6) is 5.75 Å². The largest absolute Gasteiger partial charge is 0.506 e. The van der Waals surface area contributed by atoms with Crippen LogP contribution in [-0.4, -0.2) is 43.9 Å². The zero-order chi connectivity index (χ0) is 22.2. The summed E-state index contributed by atoms with van der Waals surface area (Å²) in [5.74, 6) is 0.262. The highest BCUT2D eigenvalue weighted by Gasteiger charge is 2.42. The lowest BCUT2D eigenvalue weighted by Crippen LogP contribution is -2.36.